The Morgan fingerprint density at radius 2 is 1.85 bits per heavy atom. The largest absolute Gasteiger partial charge is 0.355 e. The maximum absolute atomic E-state index is 4.60. The molecule has 170 valence electrons. The molecule has 0 atom stereocenters. The molecule has 0 spiro atoms. The number of aromatic nitrogens is 6. The van der Waals surface area contributed by atoms with E-state index in [-0.39, 0.29) is 5.41 Å². The van der Waals surface area contributed by atoms with E-state index >= 15 is 0 Å². The number of H-pyrrole nitrogens is 1. The molecule has 5 heterocycles. The van der Waals surface area contributed by atoms with Crippen LogP contribution in [0.2, 0.25) is 0 Å². The molecule has 0 saturated carbocycles. The number of fused-ring (bicyclic) bond motifs is 1. The van der Waals surface area contributed by atoms with Gasteiger partial charge in [-0.25, -0.2) is 15.0 Å². The summed E-state index contributed by atoms with van der Waals surface area (Å²) in [4.78, 5) is 21.6. The molecule has 4 aromatic rings. The van der Waals surface area contributed by atoms with Crippen LogP contribution in [0.5, 0.6) is 0 Å². The van der Waals surface area contributed by atoms with E-state index in [4.69, 9.17) is 0 Å². The number of hydrogen-bond donors (Lipinski definition) is 1. The third kappa shape index (κ3) is 3.78. The number of imidazole rings is 1. The number of aryl methyl sites for hydroxylation is 1. The standard InChI is InChI=1S/C25H30N8/c1-31-15-20(14-30-31)19-5-4-6-21(13-19)25(16-32-9-2-3-10-32)7-11-33(12-8-25)24-22-23(27-17-26-22)28-18-29-24/h4-6,13-15,17-18H,2-3,7-12,16H2,1H3,(H,26,27,28,29). The van der Waals surface area contributed by atoms with Crippen molar-refractivity contribution in [1.82, 2.24) is 34.6 Å². The van der Waals surface area contributed by atoms with Crippen molar-refractivity contribution in [3.8, 4) is 11.1 Å². The second-order valence-corrected chi connectivity index (χ2v) is 9.53. The van der Waals surface area contributed by atoms with Crippen molar-refractivity contribution in [1.29, 1.82) is 0 Å². The van der Waals surface area contributed by atoms with Crippen LogP contribution in [-0.2, 0) is 12.5 Å². The van der Waals surface area contributed by atoms with E-state index in [1.165, 1.54) is 42.6 Å². The van der Waals surface area contributed by atoms with Gasteiger partial charge in [0.25, 0.3) is 0 Å². The normalized spacial score (nSPS) is 18.9. The van der Waals surface area contributed by atoms with Gasteiger partial charge in [-0.1, -0.05) is 24.3 Å². The zero-order valence-corrected chi connectivity index (χ0v) is 19.1. The summed E-state index contributed by atoms with van der Waals surface area (Å²) >= 11 is 0. The molecule has 8 nitrogen and oxygen atoms in total. The molecule has 33 heavy (non-hydrogen) atoms. The van der Waals surface area contributed by atoms with Gasteiger partial charge in [0.1, 0.15) is 11.8 Å². The Kier molecular flexibility index (Phi) is 5.10. The minimum atomic E-state index is 0.136. The second kappa shape index (κ2) is 8.26. The fraction of sp³-hybridized carbons (Fsp3) is 0.440. The zero-order valence-electron chi connectivity index (χ0n) is 19.1. The molecular weight excluding hydrogens is 412 g/mol. The SMILES string of the molecule is Cn1cc(-c2cccc(C3(CN4CCCC4)CCN(c4ncnc5[nH]cnc45)CC3)c2)cn1. The van der Waals surface area contributed by atoms with E-state index in [0.29, 0.717) is 0 Å². The van der Waals surface area contributed by atoms with Crippen LogP contribution >= 0.6 is 0 Å². The summed E-state index contributed by atoms with van der Waals surface area (Å²) in [6, 6.07) is 9.16. The van der Waals surface area contributed by atoms with E-state index in [1.807, 2.05) is 17.9 Å². The van der Waals surface area contributed by atoms with E-state index in [0.717, 1.165) is 49.5 Å². The van der Waals surface area contributed by atoms with Crippen LogP contribution in [0.25, 0.3) is 22.3 Å². The Bertz CT molecular complexity index is 1240. The van der Waals surface area contributed by atoms with Gasteiger partial charge in [0.05, 0.1) is 12.5 Å². The van der Waals surface area contributed by atoms with Crippen LogP contribution in [0, 0.1) is 0 Å². The molecule has 0 bridgehead atoms. The Labute approximate surface area is 193 Å². The molecule has 0 unspecified atom stereocenters. The molecule has 1 aromatic carbocycles. The van der Waals surface area contributed by atoms with Crippen molar-refractivity contribution in [2.75, 3.05) is 37.6 Å². The maximum atomic E-state index is 4.60. The van der Waals surface area contributed by atoms with Crippen LogP contribution < -0.4 is 4.90 Å². The molecule has 1 N–H and O–H groups in total. The fourth-order valence-electron chi connectivity index (χ4n) is 5.64. The van der Waals surface area contributed by atoms with Gasteiger partial charge >= 0.3 is 0 Å². The maximum Gasteiger partial charge on any atom is 0.162 e. The minimum Gasteiger partial charge on any atom is -0.355 e. The summed E-state index contributed by atoms with van der Waals surface area (Å²) in [5, 5.41) is 4.38. The molecule has 2 aliphatic heterocycles. The van der Waals surface area contributed by atoms with Gasteiger partial charge in [-0.15, -0.1) is 0 Å². The lowest BCUT2D eigenvalue weighted by atomic mass is 9.71. The topological polar surface area (TPSA) is 78.8 Å². The molecule has 8 heteroatoms. The second-order valence-electron chi connectivity index (χ2n) is 9.53. The smallest absolute Gasteiger partial charge is 0.162 e. The highest BCUT2D eigenvalue weighted by atomic mass is 15.2. The Balaban J connectivity index is 1.32. The third-order valence-electron chi connectivity index (χ3n) is 7.46. The third-order valence-corrected chi connectivity index (χ3v) is 7.46. The first-order chi connectivity index (χ1) is 16.2. The molecule has 3 aromatic heterocycles. The van der Waals surface area contributed by atoms with E-state index in [9.17, 15) is 0 Å². The molecular formula is C25H30N8. The van der Waals surface area contributed by atoms with Crippen molar-refractivity contribution in [3.63, 3.8) is 0 Å². The number of aromatic amines is 1. The van der Waals surface area contributed by atoms with Gasteiger partial charge < -0.3 is 14.8 Å². The summed E-state index contributed by atoms with van der Waals surface area (Å²) in [5.41, 5.74) is 5.67. The van der Waals surface area contributed by atoms with Crippen molar-refractivity contribution in [2.45, 2.75) is 31.1 Å². The van der Waals surface area contributed by atoms with E-state index in [2.05, 4.69) is 65.3 Å². The number of benzene rings is 1. The van der Waals surface area contributed by atoms with Gasteiger partial charge in [-0.2, -0.15) is 5.10 Å². The van der Waals surface area contributed by atoms with Crippen LogP contribution in [-0.4, -0.2) is 67.3 Å². The van der Waals surface area contributed by atoms with Crippen molar-refractivity contribution >= 4 is 17.0 Å². The number of rotatable bonds is 5. The van der Waals surface area contributed by atoms with Crippen LogP contribution in [0.15, 0.2) is 49.3 Å². The summed E-state index contributed by atoms with van der Waals surface area (Å²) in [7, 11) is 1.97. The minimum absolute atomic E-state index is 0.136. The summed E-state index contributed by atoms with van der Waals surface area (Å²) < 4.78 is 1.87. The van der Waals surface area contributed by atoms with Gasteiger partial charge in [-0.3, -0.25) is 4.68 Å². The highest BCUT2D eigenvalue weighted by Crippen LogP contribution is 2.40. The quantitative estimate of drug-likeness (QED) is 0.510. The highest BCUT2D eigenvalue weighted by molar-refractivity contribution is 5.82. The average molecular weight is 443 g/mol. The first-order valence-electron chi connectivity index (χ1n) is 11.9. The van der Waals surface area contributed by atoms with E-state index < -0.39 is 0 Å². The number of hydrogen-bond acceptors (Lipinski definition) is 6. The lowest BCUT2D eigenvalue weighted by molar-refractivity contribution is 0.209. The van der Waals surface area contributed by atoms with Crippen molar-refractivity contribution in [2.24, 2.45) is 7.05 Å². The highest BCUT2D eigenvalue weighted by Gasteiger charge is 2.39. The van der Waals surface area contributed by atoms with Gasteiger partial charge in [-0.05, 0) is 49.9 Å². The summed E-state index contributed by atoms with van der Waals surface area (Å²) in [6.45, 7) is 5.48. The molecule has 0 amide bonds. The van der Waals surface area contributed by atoms with Crippen LogP contribution in [0.4, 0.5) is 5.82 Å². The number of anilines is 1. The molecule has 6 rings (SSSR count). The average Bonchev–Trinajstić information content (AvgIpc) is 3.62. The van der Waals surface area contributed by atoms with Crippen LogP contribution in [0.3, 0.4) is 0 Å². The summed E-state index contributed by atoms with van der Waals surface area (Å²) in [6.07, 6.45) is 12.2. The number of piperidine rings is 1. The lowest BCUT2D eigenvalue weighted by Crippen LogP contribution is -2.49. The number of likely N-dealkylation sites (tertiary alicyclic amines) is 1. The Morgan fingerprint density at radius 1 is 1.00 bits per heavy atom. The molecule has 0 radical (unpaired) electrons. The fourth-order valence-corrected chi connectivity index (χ4v) is 5.64. The number of nitrogens with zero attached hydrogens (tertiary/aromatic N) is 7. The molecule has 2 aliphatic rings. The Hall–Kier alpha value is -3.26. The first-order valence-corrected chi connectivity index (χ1v) is 11.9. The monoisotopic (exact) mass is 442 g/mol. The van der Waals surface area contributed by atoms with E-state index in [1.54, 1.807) is 12.7 Å². The summed E-state index contributed by atoms with van der Waals surface area (Å²) in [5.74, 6) is 0.945. The molecule has 2 fully saturated rings. The molecule has 0 aliphatic carbocycles. The van der Waals surface area contributed by atoms with Crippen molar-refractivity contribution in [3.05, 3.63) is 54.9 Å². The predicted molar refractivity (Wildman–Crippen MR) is 129 cm³/mol. The first kappa shape index (κ1) is 20.4. The van der Waals surface area contributed by atoms with Gasteiger partial charge in [0.2, 0.25) is 0 Å². The van der Waals surface area contributed by atoms with Crippen molar-refractivity contribution < 1.29 is 0 Å². The predicted octanol–water partition coefficient (Wildman–Crippen LogP) is 3.39. The van der Waals surface area contributed by atoms with Gasteiger partial charge in [0, 0.05) is 43.9 Å². The van der Waals surface area contributed by atoms with Gasteiger partial charge in [0.15, 0.2) is 11.5 Å². The lowest BCUT2D eigenvalue weighted by Gasteiger charge is -2.44. The zero-order chi connectivity index (χ0) is 22.3. The number of nitrogens with one attached hydrogen (secondary N) is 1. The molecule has 2 saturated heterocycles. The Morgan fingerprint density at radius 3 is 2.64 bits per heavy atom. The van der Waals surface area contributed by atoms with Crippen LogP contribution in [0.1, 0.15) is 31.2 Å².